The number of amides is 1. The lowest BCUT2D eigenvalue weighted by atomic mass is 10.1. The van der Waals surface area contributed by atoms with Crippen LogP contribution in [0.25, 0.3) is 22.7 Å². The SMILES string of the molecule is CN1CCN(C(=O)c2ccc3nc(-c4ccccn4)oc3c2)CC1. The number of hydrogen-bond donors (Lipinski definition) is 0. The number of likely N-dealkylation sites (N-methyl/N-ethyl adjacent to an activating group) is 1. The molecule has 3 aromatic rings. The van der Waals surface area contributed by atoms with Crippen LogP contribution in [0, 0.1) is 0 Å². The Morgan fingerprint density at radius 1 is 1.12 bits per heavy atom. The van der Waals surface area contributed by atoms with Crippen LogP contribution in [0.3, 0.4) is 0 Å². The number of aromatic nitrogens is 2. The minimum absolute atomic E-state index is 0.0424. The summed E-state index contributed by atoms with van der Waals surface area (Å²) in [6.45, 7) is 3.31. The molecule has 3 heterocycles. The average molecular weight is 322 g/mol. The Labute approximate surface area is 139 Å². The zero-order valence-electron chi connectivity index (χ0n) is 13.5. The molecule has 0 bridgehead atoms. The zero-order valence-corrected chi connectivity index (χ0v) is 13.5. The maximum Gasteiger partial charge on any atom is 0.254 e. The summed E-state index contributed by atoms with van der Waals surface area (Å²) in [5.41, 5.74) is 2.65. The summed E-state index contributed by atoms with van der Waals surface area (Å²) in [5, 5.41) is 0. The van der Waals surface area contributed by atoms with E-state index in [9.17, 15) is 4.79 Å². The number of rotatable bonds is 2. The van der Waals surface area contributed by atoms with E-state index in [1.165, 1.54) is 0 Å². The molecule has 4 rings (SSSR count). The molecule has 6 nitrogen and oxygen atoms in total. The van der Waals surface area contributed by atoms with Crippen LogP contribution >= 0.6 is 0 Å². The predicted molar refractivity (Wildman–Crippen MR) is 90.6 cm³/mol. The third-order valence-electron chi connectivity index (χ3n) is 4.31. The smallest absolute Gasteiger partial charge is 0.254 e. The van der Waals surface area contributed by atoms with Gasteiger partial charge in [-0.05, 0) is 37.4 Å². The first kappa shape index (κ1) is 14.8. The molecule has 0 spiro atoms. The van der Waals surface area contributed by atoms with Gasteiger partial charge >= 0.3 is 0 Å². The second kappa shape index (κ2) is 6.05. The molecule has 1 aliphatic heterocycles. The van der Waals surface area contributed by atoms with E-state index >= 15 is 0 Å². The first-order valence-corrected chi connectivity index (χ1v) is 8.00. The van der Waals surface area contributed by atoms with Crippen molar-refractivity contribution in [3.63, 3.8) is 0 Å². The van der Waals surface area contributed by atoms with E-state index in [0.29, 0.717) is 22.7 Å². The van der Waals surface area contributed by atoms with Gasteiger partial charge in [-0.2, -0.15) is 0 Å². The molecular formula is C18H18N4O2. The van der Waals surface area contributed by atoms with Crippen molar-refractivity contribution in [2.24, 2.45) is 0 Å². The van der Waals surface area contributed by atoms with E-state index in [1.807, 2.05) is 35.2 Å². The van der Waals surface area contributed by atoms with E-state index in [0.717, 1.165) is 31.7 Å². The van der Waals surface area contributed by atoms with Gasteiger partial charge in [0, 0.05) is 37.9 Å². The number of oxazole rings is 1. The second-order valence-corrected chi connectivity index (χ2v) is 6.01. The average Bonchev–Trinajstić information content (AvgIpc) is 3.06. The van der Waals surface area contributed by atoms with Gasteiger partial charge in [-0.3, -0.25) is 9.78 Å². The van der Waals surface area contributed by atoms with Crippen LogP contribution < -0.4 is 0 Å². The van der Waals surface area contributed by atoms with Gasteiger partial charge in [-0.15, -0.1) is 0 Å². The Bertz CT molecular complexity index is 867. The molecule has 0 atom stereocenters. The number of nitrogens with zero attached hydrogens (tertiary/aromatic N) is 4. The summed E-state index contributed by atoms with van der Waals surface area (Å²) in [6.07, 6.45) is 1.70. The summed E-state index contributed by atoms with van der Waals surface area (Å²) >= 11 is 0. The Morgan fingerprint density at radius 3 is 2.71 bits per heavy atom. The zero-order chi connectivity index (χ0) is 16.5. The molecule has 1 saturated heterocycles. The maximum absolute atomic E-state index is 12.7. The van der Waals surface area contributed by atoms with Crippen molar-refractivity contribution in [2.45, 2.75) is 0 Å². The van der Waals surface area contributed by atoms with Crippen molar-refractivity contribution in [1.82, 2.24) is 19.8 Å². The molecule has 0 aliphatic carbocycles. The summed E-state index contributed by atoms with van der Waals surface area (Å²) in [4.78, 5) is 25.5. The molecule has 0 unspecified atom stereocenters. The molecule has 1 aromatic carbocycles. The van der Waals surface area contributed by atoms with E-state index in [1.54, 1.807) is 12.3 Å². The Kier molecular flexibility index (Phi) is 3.74. The van der Waals surface area contributed by atoms with Gasteiger partial charge < -0.3 is 14.2 Å². The van der Waals surface area contributed by atoms with Crippen LogP contribution in [0.4, 0.5) is 0 Å². The van der Waals surface area contributed by atoms with Crippen molar-refractivity contribution >= 4 is 17.0 Å². The third-order valence-corrected chi connectivity index (χ3v) is 4.31. The first-order chi connectivity index (χ1) is 11.7. The Hall–Kier alpha value is -2.73. The molecule has 24 heavy (non-hydrogen) atoms. The molecule has 122 valence electrons. The van der Waals surface area contributed by atoms with Gasteiger partial charge in [-0.25, -0.2) is 4.98 Å². The van der Waals surface area contributed by atoms with E-state index in [-0.39, 0.29) is 5.91 Å². The number of pyridine rings is 1. The summed E-state index contributed by atoms with van der Waals surface area (Å²) < 4.78 is 5.80. The minimum Gasteiger partial charge on any atom is -0.435 e. The van der Waals surface area contributed by atoms with Gasteiger partial charge in [0.05, 0.1) is 0 Å². The number of carbonyl (C=O) groups is 1. The van der Waals surface area contributed by atoms with Gasteiger partial charge in [0.25, 0.3) is 5.91 Å². The fourth-order valence-corrected chi connectivity index (χ4v) is 2.85. The molecular weight excluding hydrogens is 304 g/mol. The van der Waals surface area contributed by atoms with Crippen molar-refractivity contribution in [3.8, 4) is 11.6 Å². The normalized spacial score (nSPS) is 15.8. The van der Waals surface area contributed by atoms with Crippen LogP contribution in [0.1, 0.15) is 10.4 Å². The van der Waals surface area contributed by atoms with Crippen LogP contribution in [-0.4, -0.2) is 58.9 Å². The van der Waals surface area contributed by atoms with Crippen molar-refractivity contribution in [1.29, 1.82) is 0 Å². The minimum atomic E-state index is 0.0424. The highest BCUT2D eigenvalue weighted by Gasteiger charge is 2.21. The standard InChI is InChI=1S/C18H18N4O2/c1-21-8-10-22(11-9-21)18(23)13-5-6-14-16(12-13)24-17(20-14)15-4-2-3-7-19-15/h2-7,12H,8-11H2,1H3. The molecule has 1 fully saturated rings. The molecule has 6 heteroatoms. The van der Waals surface area contributed by atoms with Crippen LogP contribution in [-0.2, 0) is 0 Å². The monoisotopic (exact) mass is 322 g/mol. The molecule has 0 N–H and O–H groups in total. The van der Waals surface area contributed by atoms with Crippen molar-refractivity contribution in [3.05, 3.63) is 48.2 Å². The second-order valence-electron chi connectivity index (χ2n) is 6.01. The highest BCUT2D eigenvalue weighted by Crippen LogP contribution is 2.24. The molecule has 0 saturated carbocycles. The van der Waals surface area contributed by atoms with Gasteiger partial charge in [0.2, 0.25) is 5.89 Å². The highest BCUT2D eigenvalue weighted by molar-refractivity contribution is 5.97. The van der Waals surface area contributed by atoms with Gasteiger partial charge in [-0.1, -0.05) is 6.07 Å². The maximum atomic E-state index is 12.7. The number of fused-ring (bicyclic) bond motifs is 1. The summed E-state index contributed by atoms with van der Waals surface area (Å²) in [7, 11) is 2.07. The van der Waals surface area contributed by atoms with Crippen LogP contribution in [0.5, 0.6) is 0 Å². The predicted octanol–water partition coefficient (Wildman–Crippen LogP) is 2.28. The molecule has 0 radical (unpaired) electrons. The number of piperazine rings is 1. The van der Waals surface area contributed by atoms with E-state index in [2.05, 4.69) is 21.9 Å². The lowest BCUT2D eigenvalue weighted by Gasteiger charge is -2.32. The molecule has 1 amide bonds. The Morgan fingerprint density at radius 2 is 1.96 bits per heavy atom. The van der Waals surface area contributed by atoms with Crippen LogP contribution in [0.2, 0.25) is 0 Å². The fraction of sp³-hybridized carbons (Fsp3) is 0.278. The highest BCUT2D eigenvalue weighted by atomic mass is 16.3. The van der Waals surface area contributed by atoms with Gasteiger partial charge in [0.1, 0.15) is 11.2 Å². The quantitative estimate of drug-likeness (QED) is 0.724. The summed E-state index contributed by atoms with van der Waals surface area (Å²) in [6, 6.07) is 11.0. The summed E-state index contributed by atoms with van der Waals surface area (Å²) in [5.74, 6) is 0.510. The van der Waals surface area contributed by atoms with Gasteiger partial charge in [0.15, 0.2) is 5.58 Å². The topological polar surface area (TPSA) is 62.5 Å². The largest absolute Gasteiger partial charge is 0.435 e. The molecule has 1 aliphatic rings. The Balaban J connectivity index is 1.62. The number of benzene rings is 1. The van der Waals surface area contributed by atoms with Crippen molar-refractivity contribution in [2.75, 3.05) is 33.2 Å². The number of hydrogen-bond acceptors (Lipinski definition) is 5. The fourth-order valence-electron chi connectivity index (χ4n) is 2.85. The molecule has 2 aromatic heterocycles. The lowest BCUT2D eigenvalue weighted by molar-refractivity contribution is 0.0664. The van der Waals surface area contributed by atoms with Crippen molar-refractivity contribution < 1.29 is 9.21 Å². The first-order valence-electron chi connectivity index (χ1n) is 8.00. The third kappa shape index (κ3) is 2.76. The lowest BCUT2D eigenvalue weighted by Crippen LogP contribution is -2.47. The van der Waals surface area contributed by atoms with E-state index < -0.39 is 0 Å². The van der Waals surface area contributed by atoms with E-state index in [4.69, 9.17) is 4.42 Å². The van der Waals surface area contributed by atoms with Crippen LogP contribution in [0.15, 0.2) is 47.0 Å². The number of carbonyl (C=O) groups excluding carboxylic acids is 1.